The number of carboxylic acids is 1. The molecule has 2 aromatic rings. The van der Waals surface area contributed by atoms with Crippen LogP contribution in [0.1, 0.15) is 18.5 Å². The van der Waals surface area contributed by atoms with Gasteiger partial charge in [0, 0.05) is 17.4 Å². The second-order valence-corrected chi connectivity index (χ2v) is 5.35. The number of carbonyl (C=O) groups is 1. The Balaban J connectivity index is 2.25. The molecule has 100 valence electrons. The van der Waals surface area contributed by atoms with Crippen molar-refractivity contribution >= 4 is 29.3 Å². The lowest BCUT2D eigenvalue weighted by atomic mass is 10.1. The molecule has 1 aromatic carbocycles. The summed E-state index contributed by atoms with van der Waals surface area (Å²) in [6.45, 7) is 2.01. The fourth-order valence-electron chi connectivity index (χ4n) is 1.80. The van der Waals surface area contributed by atoms with Gasteiger partial charge in [0.25, 0.3) is 0 Å². The molecule has 1 aromatic heterocycles. The maximum atomic E-state index is 10.6. The zero-order valence-corrected chi connectivity index (χ0v) is 11.9. The van der Waals surface area contributed by atoms with Crippen LogP contribution in [0.2, 0.25) is 5.02 Å². The van der Waals surface area contributed by atoms with Crippen molar-refractivity contribution in [1.29, 1.82) is 0 Å². The van der Waals surface area contributed by atoms with E-state index in [2.05, 4.69) is 4.98 Å². The maximum absolute atomic E-state index is 10.6. The molecule has 0 fully saturated rings. The highest BCUT2D eigenvalue weighted by molar-refractivity contribution is 7.99. The van der Waals surface area contributed by atoms with Crippen molar-refractivity contribution in [3.8, 4) is 0 Å². The average molecular weight is 297 g/mol. The lowest BCUT2D eigenvalue weighted by molar-refractivity contribution is -0.133. The highest BCUT2D eigenvalue weighted by Gasteiger charge is 2.15. The number of thioether (sulfide) groups is 1. The second-order valence-electron chi connectivity index (χ2n) is 4.00. The van der Waals surface area contributed by atoms with E-state index in [4.69, 9.17) is 16.7 Å². The van der Waals surface area contributed by atoms with Crippen LogP contribution >= 0.6 is 23.4 Å². The number of benzene rings is 1. The lowest BCUT2D eigenvalue weighted by Gasteiger charge is -2.17. The van der Waals surface area contributed by atoms with E-state index in [1.54, 1.807) is 6.20 Å². The van der Waals surface area contributed by atoms with Crippen LogP contribution in [-0.2, 0) is 4.79 Å². The number of imidazole rings is 1. The van der Waals surface area contributed by atoms with Gasteiger partial charge < -0.3 is 9.67 Å². The summed E-state index contributed by atoms with van der Waals surface area (Å²) in [5, 5.41) is 10.1. The van der Waals surface area contributed by atoms with Crippen molar-refractivity contribution < 1.29 is 9.90 Å². The Labute approximate surface area is 120 Å². The highest BCUT2D eigenvalue weighted by atomic mass is 35.5. The Morgan fingerprint density at radius 1 is 1.53 bits per heavy atom. The molecule has 1 heterocycles. The molecule has 1 atom stereocenters. The first-order valence-electron chi connectivity index (χ1n) is 5.71. The summed E-state index contributed by atoms with van der Waals surface area (Å²) in [6.07, 6.45) is 3.50. The molecule has 0 bridgehead atoms. The van der Waals surface area contributed by atoms with Gasteiger partial charge in [-0.2, -0.15) is 0 Å². The Kier molecular flexibility index (Phi) is 4.50. The quantitative estimate of drug-likeness (QED) is 0.860. The molecule has 0 saturated carbocycles. The number of carboxylic acid groups (broad SMARTS) is 1. The molecular weight excluding hydrogens is 284 g/mol. The summed E-state index contributed by atoms with van der Waals surface area (Å²) in [4.78, 5) is 14.8. The smallest absolute Gasteiger partial charge is 0.313 e. The van der Waals surface area contributed by atoms with E-state index in [1.165, 1.54) is 11.8 Å². The van der Waals surface area contributed by atoms with Crippen molar-refractivity contribution in [2.24, 2.45) is 0 Å². The fraction of sp³-hybridized carbons (Fsp3) is 0.231. The topological polar surface area (TPSA) is 55.1 Å². The molecule has 0 spiro atoms. The molecule has 2 rings (SSSR count). The third-order valence-corrected chi connectivity index (χ3v) is 4.04. The van der Waals surface area contributed by atoms with Gasteiger partial charge >= 0.3 is 5.97 Å². The molecule has 0 amide bonds. The van der Waals surface area contributed by atoms with Gasteiger partial charge in [-0.1, -0.05) is 41.6 Å². The molecule has 0 aliphatic rings. The lowest BCUT2D eigenvalue weighted by Crippen LogP contribution is -2.09. The number of halogens is 1. The first-order chi connectivity index (χ1) is 9.09. The van der Waals surface area contributed by atoms with E-state index in [9.17, 15) is 4.79 Å². The summed E-state index contributed by atoms with van der Waals surface area (Å²) in [5.41, 5.74) is 0.986. The van der Waals surface area contributed by atoms with Crippen molar-refractivity contribution in [1.82, 2.24) is 9.55 Å². The molecule has 1 N–H and O–H groups in total. The number of aromatic nitrogens is 2. The average Bonchev–Trinajstić information content (AvgIpc) is 2.84. The Bertz CT molecular complexity index is 586. The first-order valence-corrected chi connectivity index (χ1v) is 7.08. The van der Waals surface area contributed by atoms with E-state index in [1.807, 2.05) is 42.0 Å². The highest BCUT2D eigenvalue weighted by Crippen LogP contribution is 2.29. The zero-order valence-electron chi connectivity index (χ0n) is 10.3. The maximum Gasteiger partial charge on any atom is 0.313 e. The standard InChI is InChI=1S/C13H13ClN2O2S/c1-9(10-4-2-3-5-11(10)14)16-7-6-15-13(16)19-8-12(17)18/h2-7,9H,8H2,1H3,(H,17,18). The van der Waals surface area contributed by atoms with Crippen molar-refractivity contribution in [3.63, 3.8) is 0 Å². The number of nitrogens with zero attached hydrogens (tertiary/aromatic N) is 2. The first kappa shape index (κ1) is 14.0. The van der Waals surface area contributed by atoms with Gasteiger partial charge in [-0.25, -0.2) is 4.98 Å². The molecule has 4 nitrogen and oxygen atoms in total. The van der Waals surface area contributed by atoms with Gasteiger partial charge in [0.05, 0.1) is 11.8 Å². The number of aliphatic carboxylic acids is 1. The summed E-state index contributed by atoms with van der Waals surface area (Å²) < 4.78 is 1.93. The second kappa shape index (κ2) is 6.12. The largest absolute Gasteiger partial charge is 0.481 e. The van der Waals surface area contributed by atoms with Gasteiger partial charge in [0.2, 0.25) is 0 Å². The zero-order chi connectivity index (χ0) is 13.8. The Morgan fingerprint density at radius 2 is 2.26 bits per heavy atom. The summed E-state index contributed by atoms with van der Waals surface area (Å²) in [6, 6.07) is 7.62. The van der Waals surface area contributed by atoms with Crippen molar-refractivity contribution in [2.75, 3.05) is 5.75 Å². The van der Waals surface area contributed by atoms with E-state index in [0.717, 1.165) is 5.56 Å². The van der Waals surface area contributed by atoms with Crippen LogP contribution in [0.3, 0.4) is 0 Å². The number of hydrogen-bond acceptors (Lipinski definition) is 3. The van der Waals surface area contributed by atoms with Gasteiger partial charge in [-0.15, -0.1) is 0 Å². The molecule has 1 unspecified atom stereocenters. The van der Waals surface area contributed by atoms with Crippen LogP contribution in [0.5, 0.6) is 0 Å². The van der Waals surface area contributed by atoms with Crippen LogP contribution in [0.25, 0.3) is 0 Å². The Morgan fingerprint density at radius 3 is 2.95 bits per heavy atom. The molecule has 0 radical (unpaired) electrons. The molecular formula is C13H13ClN2O2S. The van der Waals surface area contributed by atoms with E-state index >= 15 is 0 Å². The van der Waals surface area contributed by atoms with Crippen molar-refractivity contribution in [3.05, 3.63) is 47.2 Å². The normalized spacial score (nSPS) is 12.3. The van der Waals surface area contributed by atoms with E-state index < -0.39 is 5.97 Å². The molecule has 6 heteroatoms. The van der Waals surface area contributed by atoms with E-state index in [0.29, 0.717) is 10.2 Å². The fourth-order valence-corrected chi connectivity index (χ4v) is 2.85. The summed E-state index contributed by atoms with van der Waals surface area (Å²) in [7, 11) is 0. The predicted molar refractivity (Wildman–Crippen MR) is 75.9 cm³/mol. The van der Waals surface area contributed by atoms with Gasteiger partial charge in [0.1, 0.15) is 0 Å². The third kappa shape index (κ3) is 3.30. The van der Waals surface area contributed by atoms with Crippen molar-refractivity contribution in [2.45, 2.75) is 18.1 Å². The SMILES string of the molecule is CC(c1ccccc1Cl)n1ccnc1SCC(=O)O. The van der Waals surface area contributed by atoms with Crippen LogP contribution < -0.4 is 0 Å². The Hall–Kier alpha value is -1.46. The minimum Gasteiger partial charge on any atom is -0.481 e. The monoisotopic (exact) mass is 296 g/mol. The minimum atomic E-state index is -0.857. The molecule has 0 aliphatic heterocycles. The molecule has 0 aliphatic carbocycles. The number of rotatable bonds is 5. The van der Waals surface area contributed by atoms with Crippen LogP contribution in [0, 0.1) is 0 Å². The van der Waals surface area contributed by atoms with Crippen LogP contribution in [-0.4, -0.2) is 26.4 Å². The van der Waals surface area contributed by atoms with E-state index in [-0.39, 0.29) is 11.8 Å². The van der Waals surface area contributed by atoms with Gasteiger partial charge in [-0.05, 0) is 18.6 Å². The van der Waals surface area contributed by atoms with Gasteiger partial charge in [-0.3, -0.25) is 4.79 Å². The molecule has 19 heavy (non-hydrogen) atoms. The number of hydrogen-bond donors (Lipinski definition) is 1. The van der Waals surface area contributed by atoms with Crippen LogP contribution in [0.15, 0.2) is 41.8 Å². The summed E-state index contributed by atoms with van der Waals surface area (Å²) >= 11 is 7.38. The third-order valence-electron chi connectivity index (χ3n) is 2.73. The van der Waals surface area contributed by atoms with Gasteiger partial charge in [0.15, 0.2) is 5.16 Å². The molecule has 0 saturated heterocycles. The predicted octanol–water partition coefficient (Wildman–Crippen LogP) is 3.32. The van der Waals surface area contributed by atoms with Crippen LogP contribution in [0.4, 0.5) is 0 Å². The minimum absolute atomic E-state index is 0.00694. The summed E-state index contributed by atoms with van der Waals surface area (Å²) in [5.74, 6) is -0.864.